The van der Waals surface area contributed by atoms with Gasteiger partial charge in [0, 0.05) is 11.5 Å². The van der Waals surface area contributed by atoms with Gasteiger partial charge in [0.15, 0.2) is 0 Å². The maximum Gasteiger partial charge on any atom is 0.226 e. The first-order valence-electron chi connectivity index (χ1n) is 2.47. The highest BCUT2D eigenvalue weighted by Gasteiger charge is 1.92. The van der Waals surface area contributed by atoms with Crippen LogP contribution in [0.25, 0.3) is 0 Å². The minimum atomic E-state index is -0.393. The molecular formula is C4H9NO3. The van der Waals surface area contributed by atoms with E-state index in [2.05, 4.69) is 0 Å². The van der Waals surface area contributed by atoms with Crippen molar-refractivity contribution in [3.63, 3.8) is 0 Å². The summed E-state index contributed by atoms with van der Waals surface area (Å²) in [5, 5.41) is 9.60. The summed E-state index contributed by atoms with van der Waals surface area (Å²) >= 11 is 0. The summed E-state index contributed by atoms with van der Waals surface area (Å²) < 4.78 is 4.70. The van der Waals surface area contributed by atoms with Gasteiger partial charge in [-0.05, 0) is 6.92 Å². The highest BCUT2D eigenvalue weighted by atomic mass is 16.6. The second kappa shape index (κ2) is 4.52. The maximum atomic E-state index is 9.60. The molecule has 4 nitrogen and oxygen atoms in total. The molecule has 0 aliphatic heterocycles. The molecule has 0 heterocycles. The van der Waals surface area contributed by atoms with E-state index >= 15 is 0 Å². The normalized spacial score (nSPS) is 9.12. The van der Waals surface area contributed by atoms with Crippen LogP contribution in [0.4, 0.5) is 0 Å². The van der Waals surface area contributed by atoms with Crippen molar-refractivity contribution < 1.29 is 9.66 Å². The van der Waals surface area contributed by atoms with Crippen molar-refractivity contribution in [1.29, 1.82) is 0 Å². The highest BCUT2D eigenvalue weighted by Crippen LogP contribution is 1.72. The molecular weight excluding hydrogens is 110 g/mol. The Balaban J connectivity index is 2.82. The monoisotopic (exact) mass is 119 g/mol. The molecule has 0 aliphatic rings. The van der Waals surface area contributed by atoms with Crippen LogP contribution >= 0.6 is 0 Å². The van der Waals surface area contributed by atoms with Crippen molar-refractivity contribution in [2.75, 3.05) is 19.8 Å². The predicted molar refractivity (Wildman–Crippen MR) is 28.4 cm³/mol. The molecule has 0 radical (unpaired) electrons. The van der Waals surface area contributed by atoms with Crippen LogP contribution < -0.4 is 0 Å². The van der Waals surface area contributed by atoms with E-state index in [4.69, 9.17) is 4.74 Å². The number of nitrogens with zero attached hydrogens (tertiary/aromatic N) is 1. The molecule has 0 aromatic heterocycles. The van der Waals surface area contributed by atoms with Crippen molar-refractivity contribution >= 4 is 0 Å². The molecule has 0 saturated heterocycles. The number of hydrogen-bond acceptors (Lipinski definition) is 3. The van der Waals surface area contributed by atoms with Crippen molar-refractivity contribution in [3.8, 4) is 0 Å². The van der Waals surface area contributed by atoms with Crippen LogP contribution in [0.3, 0.4) is 0 Å². The fraction of sp³-hybridized carbons (Fsp3) is 1.00. The molecule has 0 N–H and O–H groups in total. The lowest BCUT2D eigenvalue weighted by molar-refractivity contribution is -0.483. The van der Waals surface area contributed by atoms with Crippen LogP contribution in [0, 0.1) is 10.1 Å². The third-order valence-corrected chi connectivity index (χ3v) is 0.622. The summed E-state index contributed by atoms with van der Waals surface area (Å²) in [4.78, 5) is 9.21. The molecule has 0 amide bonds. The largest absolute Gasteiger partial charge is 0.375 e. The first-order valence-corrected chi connectivity index (χ1v) is 2.47. The molecule has 0 saturated carbocycles. The Morgan fingerprint density at radius 2 is 2.38 bits per heavy atom. The van der Waals surface area contributed by atoms with Gasteiger partial charge in [-0.15, -0.1) is 0 Å². The molecule has 48 valence electrons. The SMILES string of the molecule is CCOCC[N+](=O)[O-]. The lowest BCUT2D eigenvalue weighted by atomic mass is 10.7. The van der Waals surface area contributed by atoms with E-state index in [9.17, 15) is 10.1 Å². The zero-order valence-electron chi connectivity index (χ0n) is 4.79. The highest BCUT2D eigenvalue weighted by molar-refractivity contribution is 4.23. The molecule has 8 heavy (non-hydrogen) atoms. The van der Waals surface area contributed by atoms with Gasteiger partial charge in [0.25, 0.3) is 0 Å². The molecule has 0 rings (SSSR count). The van der Waals surface area contributed by atoms with Gasteiger partial charge >= 0.3 is 0 Å². The average Bonchev–Trinajstić information content (AvgIpc) is 1.66. The molecule has 0 aromatic carbocycles. The van der Waals surface area contributed by atoms with E-state index in [1.807, 2.05) is 0 Å². The minimum Gasteiger partial charge on any atom is -0.375 e. The summed E-state index contributed by atoms with van der Waals surface area (Å²) in [5.41, 5.74) is 0. The van der Waals surface area contributed by atoms with Gasteiger partial charge in [-0.3, -0.25) is 10.1 Å². The third-order valence-electron chi connectivity index (χ3n) is 0.622. The first-order chi connectivity index (χ1) is 3.77. The summed E-state index contributed by atoms with van der Waals surface area (Å²) in [6.45, 7) is 2.49. The van der Waals surface area contributed by atoms with Gasteiger partial charge in [0.2, 0.25) is 6.54 Å². The average molecular weight is 119 g/mol. The predicted octanol–water partition coefficient (Wildman–Crippen LogP) is 0.300. The zero-order valence-corrected chi connectivity index (χ0v) is 4.79. The molecule has 0 bridgehead atoms. The van der Waals surface area contributed by atoms with Crippen molar-refractivity contribution in [3.05, 3.63) is 10.1 Å². The van der Waals surface area contributed by atoms with Gasteiger partial charge in [-0.25, -0.2) is 0 Å². The van der Waals surface area contributed by atoms with Crippen LogP contribution in [0.1, 0.15) is 6.92 Å². The number of nitro groups is 1. The van der Waals surface area contributed by atoms with Gasteiger partial charge in [0.1, 0.15) is 6.61 Å². The van der Waals surface area contributed by atoms with Crippen molar-refractivity contribution in [1.82, 2.24) is 0 Å². The van der Waals surface area contributed by atoms with Gasteiger partial charge in [0.05, 0.1) is 0 Å². The van der Waals surface area contributed by atoms with Crippen LogP contribution in [0.2, 0.25) is 0 Å². The summed E-state index contributed by atoms with van der Waals surface area (Å²) in [6.07, 6.45) is 0. The Hall–Kier alpha value is -0.640. The van der Waals surface area contributed by atoms with E-state index in [0.29, 0.717) is 6.61 Å². The molecule has 0 atom stereocenters. The van der Waals surface area contributed by atoms with E-state index in [1.54, 1.807) is 6.92 Å². The molecule has 0 aliphatic carbocycles. The summed E-state index contributed by atoms with van der Waals surface area (Å²) in [5.74, 6) is 0. The third kappa shape index (κ3) is 5.36. The van der Waals surface area contributed by atoms with E-state index in [1.165, 1.54) is 0 Å². The minimum absolute atomic E-state index is 0.0894. The Labute approximate surface area is 47.6 Å². The van der Waals surface area contributed by atoms with Gasteiger partial charge in [-0.2, -0.15) is 0 Å². The first kappa shape index (κ1) is 7.36. The number of rotatable bonds is 4. The molecule has 4 heteroatoms. The van der Waals surface area contributed by atoms with E-state index in [0.717, 1.165) is 0 Å². The lowest BCUT2D eigenvalue weighted by Gasteiger charge is -1.92. The number of hydrogen-bond donors (Lipinski definition) is 0. The Bertz CT molecular complexity index is 73.7. The van der Waals surface area contributed by atoms with Crippen molar-refractivity contribution in [2.45, 2.75) is 6.92 Å². The Morgan fingerprint density at radius 1 is 1.75 bits per heavy atom. The lowest BCUT2D eigenvalue weighted by Crippen LogP contribution is -2.08. The second-order valence-corrected chi connectivity index (χ2v) is 1.25. The summed E-state index contributed by atoms with van der Waals surface area (Å²) in [7, 11) is 0. The van der Waals surface area contributed by atoms with Crippen LogP contribution in [0.15, 0.2) is 0 Å². The topological polar surface area (TPSA) is 52.4 Å². The quantitative estimate of drug-likeness (QED) is 0.304. The molecule has 0 fully saturated rings. The van der Waals surface area contributed by atoms with E-state index in [-0.39, 0.29) is 13.2 Å². The maximum absolute atomic E-state index is 9.60. The molecule has 0 spiro atoms. The van der Waals surface area contributed by atoms with Gasteiger partial charge < -0.3 is 4.74 Å². The Kier molecular flexibility index (Phi) is 4.16. The zero-order chi connectivity index (χ0) is 6.41. The van der Waals surface area contributed by atoms with Crippen LogP contribution in [0.5, 0.6) is 0 Å². The van der Waals surface area contributed by atoms with Gasteiger partial charge in [-0.1, -0.05) is 0 Å². The van der Waals surface area contributed by atoms with Crippen LogP contribution in [-0.4, -0.2) is 24.7 Å². The van der Waals surface area contributed by atoms with E-state index < -0.39 is 4.92 Å². The van der Waals surface area contributed by atoms with Crippen molar-refractivity contribution in [2.24, 2.45) is 0 Å². The fourth-order valence-corrected chi connectivity index (χ4v) is 0.283. The van der Waals surface area contributed by atoms with Crippen LogP contribution in [-0.2, 0) is 4.74 Å². The molecule has 0 unspecified atom stereocenters. The molecule has 0 aromatic rings. The standard InChI is InChI=1S/C4H9NO3/c1-2-8-4-3-5(6)7/h2-4H2,1H3. The Morgan fingerprint density at radius 3 is 2.75 bits per heavy atom. The smallest absolute Gasteiger partial charge is 0.226 e. The number of ether oxygens (including phenoxy) is 1. The summed E-state index contributed by atoms with van der Waals surface area (Å²) in [6, 6.07) is 0. The fourth-order valence-electron chi connectivity index (χ4n) is 0.283. The second-order valence-electron chi connectivity index (χ2n) is 1.25.